The minimum Gasteiger partial charge on any atom is -0.508 e. The van der Waals surface area contributed by atoms with Crippen LogP contribution < -0.4 is 21.7 Å². The van der Waals surface area contributed by atoms with Crippen molar-refractivity contribution in [3.63, 3.8) is 0 Å². The lowest BCUT2D eigenvalue weighted by Gasteiger charge is -2.31. The van der Waals surface area contributed by atoms with Gasteiger partial charge in [0.2, 0.25) is 5.91 Å². The summed E-state index contributed by atoms with van der Waals surface area (Å²) in [5.41, 5.74) is 10.9. The fourth-order valence-corrected chi connectivity index (χ4v) is 4.15. The van der Waals surface area contributed by atoms with E-state index in [2.05, 4.69) is 9.69 Å². The summed E-state index contributed by atoms with van der Waals surface area (Å²) in [7, 11) is 0. The molecule has 6 N–H and O–H groups in total. The van der Waals surface area contributed by atoms with Gasteiger partial charge in [0.15, 0.2) is 5.69 Å². The first kappa shape index (κ1) is 25.6. The molecule has 0 fully saturated rings. The summed E-state index contributed by atoms with van der Waals surface area (Å²) in [6.45, 7) is 4.34. The maximum absolute atomic E-state index is 15.0. The van der Waals surface area contributed by atoms with Crippen LogP contribution in [0, 0.1) is 11.7 Å². The van der Waals surface area contributed by atoms with Crippen LogP contribution in [0.2, 0.25) is 0 Å². The molecule has 0 unspecified atom stereocenters. The van der Waals surface area contributed by atoms with Crippen LogP contribution in [0.25, 0.3) is 0 Å². The van der Waals surface area contributed by atoms with Crippen molar-refractivity contribution in [1.82, 2.24) is 9.69 Å². The number of nitrogen functional groups attached to an aromatic ring is 1. The predicted molar refractivity (Wildman–Crippen MR) is 132 cm³/mol. The van der Waals surface area contributed by atoms with E-state index >= 15 is 4.39 Å². The molecule has 1 heterocycles. The number of para-hydroxylation sites is 1. The van der Waals surface area contributed by atoms with E-state index in [-0.39, 0.29) is 27.7 Å². The molecule has 0 bridgehead atoms. The fourth-order valence-electron chi connectivity index (χ4n) is 3.41. The monoisotopic (exact) mass is 499 g/mol. The number of carbonyl (C=O) groups is 3. The fraction of sp³-hybridized carbons (Fsp3) is 0.250. The van der Waals surface area contributed by atoms with Crippen molar-refractivity contribution in [1.29, 1.82) is 0 Å². The molecule has 35 heavy (non-hydrogen) atoms. The van der Waals surface area contributed by atoms with Crippen LogP contribution in [-0.4, -0.2) is 33.7 Å². The standard InChI is InChI=1S/C24H26FN5O4S/c1-13(2)11-12-28-23(33)20(14-7-9-15(31)10-8-14)30(17-6-4-3-5-16(17)25)24(34)21-18(26)19(22(27)32)29-35-21/h3-10,13,20,31H,11-12,26H2,1-2H3,(H2,27,32)(H,28,33)/t20-/m0/s1. The summed E-state index contributed by atoms with van der Waals surface area (Å²) in [5.74, 6) is -2.80. The number of aromatic nitrogens is 1. The van der Waals surface area contributed by atoms with Gasteiger partial charge in [0.05, 0.1) is 11.4 Å². The molecule has 11 heteroatoms. The SMILES string of the molecule is CC(C)CCNC(=O)[C@H](c1ccc(O)cc1)N(C(=O)c1snc(C(N)=O)c1N)c1ccccc1F. The van der Waals surface area contributed by atoms with Crippen molar-refractivity contribution in [2.45, 2.75) is 26.3 Å². The minimum atomic E-state index is -1.33. The number of hydrogen-bond acceptors (Lipinski definition) is 7. The second-order valence-electron chi connectivity index (χ2n) is 8.23. The van der Waals surface area contributed by atoms with Crippen molar-refractivity contribution in [2.75, 3.05) is 17.2 Å². The van der Waals surface area contributed by atoms with Crippen molar-refractivity contribution < 1.29 is 23.9 Å². The number of nitrogens with two attached hydrogens (primary N) is 2. The number of hydrogen-bond donors (Lipinski definition) is 4. The lowest BCUT2D eigenvalue weighted by atomic mass is 10.0. The normalized spacial score (nSPS) is 11.8. The number of amides is 3. The van der Waals surface area contributed by atoms with Gasteiger partial charge in [-0.25, -0.2) is 4.39 Å². The van der Waals surface area contributed by atoms with Gasteiger partial charge in [-0.2, -0.15) is 4.37 Å². The Kier molecular flexibility index (Phi) is 8.02. The Morgan fingerprint density at radius 3 is 2.37 bits per heavy atom. The van der Waals surface area contributed by atoms with Gasteiger partial charge in [0.1, 0.15) is 22.5 Å². The van der Waals surface area contributed by atoms with E-state index in [0.29, 0.717) is 36.0 Å². The molecule has 1 aromatic heterocycles. The summed E-state index contributed by atoms with van der Waals surface area (Å²) in [6, 6.07) is 9.81. The highest BCUT2D eigenvalue weighted by Crippen LogP contribution is 2.34. The van der Waals surface area contributed by atoms with E-state index in [4.69, 9.17) is 11.5 Å². The molecule has 184 valence electrons. The van der Waals surface area contributed by atoms with Crippen LogP contribution in [0.15, 0.2) is 48.5 Å². The molecule has 2 aromatic carbocycles. The summed E-state index contributed by atoms with van der Waals surface area (Å²) in [6.07, 6.45) is 0.686. The molecule has 3 rings (SSSR count). The first-order valence-corrected chi connectivity index (χ1v) is 11.6. The lowest BCUT2D eigenvalue weighted by molar-refractivity contribution is -0.122. The molecule has 0 saturated heterocycles. The minimum absolute atomic E-state index is 0.0470. The van der Waals surface area contributed by atoms with Gasteiger partial charge in [-0.05, 0) is 53.7 Å². The molecule has 0 radical (unpaired) electrons. The van der Waals surface area contributed by atoms with Crippen molar-refractivity contribution in [3.05, 3.63) is 70.5 Å². The van der Waals surface area contributed by atoms with Crippen molar-refractivity contribution >= 4 is 40.6 Å². The number of rotatable bonds is 9. The Morgan fingerprint density at radius 2 is 1.80 bits per heavy atom. The highest BCUT2D eigenvalue weighted by atomic mass is 32.1. The van der Waals surface area contributed by atoms with E-state index in [1.54, 1.807) is 0 Å². The summed E-state index contributed by atoms with van der Waals surface area (Å²) < 4.78 is 18.9. The van der Waals surface area contributed by atoms with E-state index in [9.17, 15) is 19.5 Å². The van der Waals surface area contributed by atoms with Crippen LogP contribution >= 0.6 is 11.5 Å². The maximum atomic E-state index is 15.0. The predicted octanol–water partition coefficient (Wildman–Crippen LogP) is 3.22. The molecule has 3 amide bonds. The molecule has 0 spiro atoms. The quantitative estimate of drug-likeness (QED) is 0.355. The molecule has 0 aliphatic carbocycles. The van der Waals surface area contributed by atoms with E-state index in [1.807, 2.05) is 13.8 Å². The van der Waals surface area contributed by atoms with Crippen LogP contribution in [0.5, 0.6) is 5.75 Å². The van der Waals surface area contributed by atoms with Crippen LogP contribution in [0.4, 0.5) is 15.8 Å². The lowest BCUT2D eigenvalue weighted by Crippen LogP contribution is -2.44. The number of nitrogens with zero attached hydrogens (tertiary/aromatic N) is 2. The highest BCUT2D eigenvalue weighted by Gasteiger charge is 2.37. The van der Waals surface area contributed by atoms with Crippen LogP contribution in [-0.2, 0) is 4.79 Å². The van der Waals surface area contributed by atoms with Gasteiger partial charge in [-0.1, -0.05) is 38.1 Å². The highest BCUT2D eigenvalue weighted by molar-refractivity contribution is 7.09. The number of benzene rings is 2. The smallest absolute Gasteiger partial charge is 0.273 e. The van der Waals surface area contributed by atoms with Crippen LogP contribution in [0.3, 0.4) is 0 Å². The number of anilines is 2. The number of halogens is 1. The summed E-state index contributed by atoms with van der Waals surface area (Å²) in [5, 5.41) is 12.6. The van der Waals surface area contributed by atoms with Crippen LogP contribution in [0.1, 0.15) is 52.0 Å². The Bertz CT molecular complexity index is 1230. The number of phenols is 1. The molecular weight excluding hydrogens is 473 g/mol. The number of carbonyl (C=O) groups excluding carboxylic acids is 3. The maximum Gasteiger partial charge on any atom is 0.273 e. The largest absolute Gasteiger partial charge is 0.508 e. The van der Waals surface area contributed by atoms with Gasteiger partial charge in [-0.3, -0.25) is 19.3 Å². The number of nitrogens with one attached hydrogen (secondary N) is 1. The Labute approximate surface area is 205 Å². The molecule has 0 aliphatic heterocycles. The zero-order valence-corrected chi connectivity index (χ0v) is 20.0. The Balaban J connectivity index is 2.17. The van der Waals surface area contributed by atoms with Crippen molar-refractivity contribution in [2.24, 2.45) is 11.7 Å². The molecular formula is C24H26FN5O4S. The second kappa shape index (κ2) is 11.0. The third kappa shape index (κ3) is 5.75. The number of phenolic OH excluding ortho intramolecular Hbond substituents is 1. The molecule has 1 atom stereocenters. The first-order valence-electron chi connectivity index (χ1n) is 10.8. The average molecular weight is 500 g/mol. The van der Waals surface area contributed by atoms with Crippen molar-refractivity contribution in [3.8, 4) is 5.75 Å². The van der Waals surface area contributed by atoms with E-state index in [0.717, 1.165) is 11.0 Å². The molecule has 9 nitrogen and oxygen atoms in total. The van der Waals surface area contributed by atoms with Gasteiger partial charge in [0, 0.05) is 6.54 Å². The van der Waals surface area contributed by atoms with Gasteiger partial charge < -0.3 is 21.9 Å². The average Bonchev–Trinajstić information content (AvgIpc) is 3.20. The Morgan fingerprint density at radius 1 is 1.14 bits per heavy atom. The number of aromatic hydroxyl groups is 1. The topological polar surface area (TPSA) is 152 Å². The van der Waals surface area contributed by atoms with Gasteiger partial charge >= 0.3 is 0 Å². The summed E-state index contributed by atoms with van der Waals surface area (Å²) in [4.78, 5) is 39.7. The third-order valence-electron chi connectivity index (χ3n) is 5.22. The second-order valence-corrected chi connectivity index (χ2v) is 9.01. The van der Waals surface area contributed by atoms with E-state index in [1.165, 1.54) is 42.5 Å². The number of primary amides is 1. The molecule has 0 aliphatic rings. The molecule has 3 aromatic rings. The summed E-state index contributed by atoms with van der Waals surface area (Å²) >= 11 is 0.629. The third-order valence-corrected chi connectivity index (χ3v) is 6.07. The zero-order valence-electron chi connectivity index (χ0n) is 19.2. The Hall–Kier alpha value is -3.99. The zero-order chi connectivity index (χ0) is 25.7. The van der Waals surface area contributed by atoms with Gasteiger partial charge in [-0.15, -0.1) is 0 Å². The van der Waals surface area contributed by atoms with E-state index < -0.39 is 29.6 Å². The van der Waals surface area contributed by atoms with Gasteiger partial charge in [0.25, 0.3) is 11.8 Å². The first-order chi connectivity index (χ1) is 16.6. The molecule has 0 saturated carbocycles.